The number of anilines is 1. The summed E-state index contributed by atoms with van der Waals surface area (Å²) in [7, 11) is 0. The Balaban J connectivity index is 2.27. The summed E-state index contributed by atoms with van der Waals surface area (Å²) < 4.78 is 0. The van der Waals surface area contributed by atoms with Crippen LogP contribution in [0.25, 0.3) is 22.0 Å². The first kappa shape index (κ1) is 17.8. The quantitative estimate of drug-likeness (QED) is 0.487. The zero-order valence-electron chi connectivity index (χ0n) is 14.3. The number of benzene rings is 2. The fourth-order valence-electron chi connectivity index (χ4n) is 2.89. The predicted octanol–water partition coefficient (Wildman–Crippen LogP) is 4.84. The minimum atomic E-state index is -0.439. The van der Waals surface area contributed by atoms with Crippen LogP contribution in [-0.2, 0) is 4.79 Å². The van der Waals surface area contributed by atoms with Gasteiger partial charge < -0.3 is 0 Å². The molecule has 1 amide bonds. The molecule has 7 heteroatoms. The largest absolute Gasteiger partial charge is 0.297 e. The van der Waals surface area contributed by atoms with Crippen molar-refractivity contribution in [3.05, 3.63) is 63.7 Å². The molecule has 0 bridgehead atoms. The van der Waals surface area contributed by atoms with E-state index >= 15 is 0 Å². The first-order valence-electron chi connectivity index (χ1n) is 8.04. The van der Waals surface area contributed by atoms with Gasteiger partial charge in [0.15, 0.2) is 0 Å². The van der Waals surface area contributed by atoms with Gasteiger partial charge in [-0.25, -0.2) is 4.98 Å². The number of halogens is 1. The second-order valence-corrected chi connectivity index (χ2v) is 6.14. The normalized spacial score (nSPS) is 10.7. The Kier molecular flexibility index (Phi) is 4.86. The zero-order valence-corrected chi connectivity index (χ0v) is 15.0. The maximum atomic E-state index is 11.9. The molecule has 0 atom stereocenters. The molecule has 2 aromatic carbocycles. The molecule has 0 spiro atoms. The molecule has 0 aliphatic carbocycles. The Labute approximate surface area is 155 Å². The Bertz CT molecular complexity index is 1000. The van der Waals surface area contributed by atoms with Crippen molar-refractivity contribution in [3.8, 4) is 11.1 Å². The minimum absolute atomic E-state index is 0.0179. The van der Waals surface area contributed by atoms with E-state index in [1.807, 2.05) is 25.1 Å². The summed E-state index contributed by atoms with van der Waals surface area (Å²) >= 11 is 6.33. The van der Waals surface area contributed by atoms with Crippen molar-refractivity contribution in [2.75, 3.05) is 11.4 Å². The third-order valence-electron chi connectivity index (χ3n) is 4.14. The van der Waals surface area contributed by atoms with Gasteiger partial charge in [0.1, 0.15) is 5.82 Å². The number of para-hydroxylation sites is 1. The number of amides is 1. The summed E-state index contributed by atoms with van der Waals surface area (Å²) in [5.41, 5.74) is 2.19. The summed E-state index contributed by atoms with van der Waals surface area (Å²) in [4.78, 5) is 28.5. The fraction of sp³-hybridized carbons (Fsp3) is 0.158. The van der Waals surface area contributed by atoms with E-state index in [1.54, 1.807) is 23.1 Å². The standard InChI is InChI=1S/C19H16ClN3O3/c1-3-22(12(2)24)18-11-16(13-7-9-14(10-8-13)23(25)26)15-5-4-6-17(20)19(15)21-18/h4-11H,3H2,1-2H3. The summed E-state index contributed by atoms with van der Waals surface area (Å²) in [5, 5.41) is 12.2. The molecule has 0 unspecified atom stereocenters. The van der Waals surface area contributed by atoms with E-state index in [-0.39, 0.29) is 11.6 Å². The Hall–Kier alpha value is -2.99. The number of nitro groups is 1. The number of aromatic nitrogens is 1. The molecule has 26 heavy (non-hydrogen) atoms. The highest BCUT2D eigenvalue weighted by molar-refractivity contribution is 6.35. The smallest absolute Gasteiger partial charge is 0.269 e. The van der Waals surface area contributed by atoms with E-state index in [2.05, 4.69) is 4.98 Å². The van der Waals surface area contributed by atoms with E-state index in [9.17, 15) is 14.9 Å². The van der Waals surface area contributed by atoms with Crippen molar-refractivity contribution in [1.82, 2.24) is 4.98 Å². The SMILES string of the molecule is CCN(C(C)=O)c1cc(-c2ccc([N+](=O)[O-])cc2)c2cccc(Cl)c2n1. The maximum Gasteiger partial charge on any atom is 0.269 e. The van der Waals surface area contributed by atoms with Crippen LogP contribution in [0.1, 0.15) is 13.8 Å². The lowest BCUT2D eigenvalue weighted by molar-refractivity contribution is -0.384. The lowest BCUT2D eigenvalue weighted by atomic mass is 10.0. The Morgan fingerprint density at radius 3 is 2.50 bits per heavy atom. The molecule has 1 heterocycles. The number of rotatable bonds is 4. The monoisotopic (exact) mass is 369 g/mol. The number of fused-ring (bicyclic) bond motifs is 1. The van der Waals surface area contributed by atoms with Crippen LogP contribution in [0.4, 0.5) is 11.5 Å². The lowest BCUT2D eigenvalue weighted by Gasteiger charge is -2.20. The van der Waals surface area contributed by atoms with Gasteiger partial charge >= 0.3 is 0 Å². The Morgan fingerprint density at radius 1 is 1.23 bits per heavy atom. The van der Waals surface area contributed by atoms with Crippen LogP contribution < -0.4 is 4.90 Å². The fourth-order valence-corrected chi connectivity index (χ4v) is 3.10. The predicted molar refractivity (Wildman–Crippen MR) is 103 cm³/mol. The molecule has 0 fully saturated rings. The third-order valence-corrected chi connectivity index (χ3v) is 4.44. The number of nitrogens with zero attached hydrogens (tertiary/aromatic N) is 3. The lowest BCUT2D eigenvalue weighted by Crippen LogP contribution is -2.28. The summed E-state index contributed by atoms with van der Waals surface area (Å²) in [6.45, 7) is 3.82. The molecule has 3 aromatic rings. The maximum absolute atomic E-state index is 11.9. The topological polar surface area (TPSA) is 76.3 Å². The van der Waals surface area contributed by atoms with Gasteiger partial charge in [0, 0.05) is 31.0 Å². The molecule has 3 rings (SSSR count). The van der Waals surface area contributed by atoms with Crippen LogP contribution in [0.5, 0.6) is 0 Å². The number of carbonyl (C=O) groups is 1. The van der Waals surface area contributed by atoms with E-state index in [0.717, 1.165) is 16.5 Å². The average molecular weight is 370 g/mol. The van der Waals surface area contributed by atoms with Crippen molar-refractivity contribution in [2.45, 2.75) is 13.8 Å². The molecule has 0 aliphatic rings. The first-order chi connectivity index (χ1) is 12.4. The van der Waals surface area contributed by atoms with Crippen molar-refractivity contribution in [3.63, 3.8) is 0 Å². The number of hydrogen-bond donors (Lipinski definition) is 0. The first-order valence-corrected chi connectivity index (χ1v) is 8.42. The number of hydrogen-bond acceptors (Lipinski definition) is 4. The highest BCUT2D eigenvalue weighted by Gasteiger charge is 2.17. The van der Waals surface area contributed by atoms with Gasteiger partial charge in [-0.2, -0.15) is 0 Å². The number of carbonyl (C=O) groups excluding carboxylic acids is 1. The molecule has 6 nitrogen and oxygen atoms in total. The van der Waals surface area contributed by atoms with E-state index in [4.69, 9.17) is 11.6 Å². The van der Waals surface area contributed by atoms with Crippen molar-refractivity contribution < 1.29 is 9.72 Å². The molecular formula is C19H16ClN3O3. The summed E-state index contributed by atoms with van der Waals surface area (Å²) in [6, 6.07) is 13.5. The summed E-state index contributed by atoms with van der Waals surface area (Å²) in [5.74, 6) is 0.370. The second kappa shape index (κ2) is 7.09. The zero-order chi connectivity index (χ0) is 18.8. The minimum Gasteiger partial charge on any atom is -0.297 e. The average Bonchev–Trinajstić information content (AvgIpc) is 2.62. The highest BCUT2D eigenvalue weighted by atomic mass is 35.5. The molecule has 0 saturated heterocycles. The van der Waals surface area contributed by atoms with Crippen LogP contribution in [0.15, 0.2) is 48.5 Å². The van der Waals surface area contributed by atoms with Crippen LogP contribution >= 0.6 is 11.6 Å². The molecular weight excluding hydrogens is 354 g/mol. The molecule has 0 N–H and O–H groups in total. The number of non-ortho nitro benzene ring substituents is 1. The van der Waals surface area contributed by atoms with Crippen LogP contribution in [0, 0.1) is 10.1 Å². The molecule has 0 radical (unpaired) electrons. The summed E-state index contributed by atoms with van der Waals surface area (Å²) in [6.07, 6.45) is 0. The van der Waals surface area contributed by atoms with Gasteiger partial charge in [0.2, 0.25) is 5.91 Å². The molecule has 0 aliphatic heterocycles. The van der Waals surface area contributed by atoms with Gasteiger partial charge in [0.05, 0.1) is 15.5 Å². The van der Waals surface area contributed by atoms with E-state index < -0.39 is 4.92 Å². The molecule has 1 aromatic heterocycles. The van der Waals surface area contributed by atoms with Gasteiger partial charge in [-0.05, 0) is 42.3 Å². The van der Waals surface area contributed by atoms with E-state index in [0.29, 0.717) is 22.9 Å². The van der Waals surface area contributed by atoms with Crippen LogP contribution in [0.2, 0.25) is 5.02 Å². The van der Waals surface area contributed by atoms with Crippen LogP contribution in [0.3, 0.4) is 0 Å². The van der Waals surface area contributed by atoms with Crippen molar-refractivity contribution >= 4 is 39.9 Å². The van der Waals surface area contributed by atoms with Gasteiger partial charge in [-0.15, -0.1) is 0 Å². The van der Waals surface area contributed by atoms with Gasteiger partial charge in [-0.3, -0.25) is 19.8 Å². The number of pyridine rings is 1. The molecule has 0 saturated carbocycles. The van der Waals surface area contributed by atoms with Crippen LogP contribution in [-0.4, -0.2) is 22.4 Å². The van der Waals surface area contributed by atoms with E-state index in [1.165, 1.54) is 19.1 Å². The molecule has 132 valence electrons. The highest BCUT2D eigenvalue weighted by Crippen LogP contribution is 2.35. The van der Waals surface area contributed by atoms with Gasteiger partial charge in [0.25, 0.3) is 5.69 Å². The van der Waals surface area contributed by atoms with Crippen molar-refractivity contribution in [2.24, 2.45) is 0 Å². The third kappa shape index (κ3) is 3.23. The van der Waals surface area contributed by atoms with Gasteiger partial charge in [-0.1, -0.05) is 23.7 Å². The Morgan fingerprint density at radius 2 is 1.92 bits per heavy atom. The van der Waals surface area contributed by atoms with Crippen molar-refractivity contribution in [1.29, 1.82) is 0 Å². The second-order valence-electron chi connectivity index (χ2n) is 5.73. The number of nitro benzene ring substituents is 1.